The number of hydrogen-bond donors (Lipinski definition) is 3. The molecule has 4 saturated heterocycles. The number of carbonyl (C=O) groups is 7. The maximum Gasteiger partial charge on any atom is 0.328 e. The summed E-state index contributed by atoms with van der Waals surface area (Å²) in [5.74, 6) is -6.43. The van der Waals surface area contributed by atoms with Crippen molar-refractivity contribution in [2.75, 3.05) is 26.2 Å². The van der Waals surface area contributed by atoms with Crippen LogP contribution in [-0.2, 0) is 44.7 Å². The summed E-state index contributed by atoms with van der Waals surface area (Å²) in [7, 11) is 0. The number of rotatable bonds is 8. The first-order valence-corrected chi connectivity index (χ1v) is 18.9. The molecule has 4 aliphatic rings. The zero-order chi connectivity index (χ0) is 39.1. The smallest absolute Gasteiger partial charge is 0.328 e. The Kier molecular flexibility index (Phi) is 13.4. The number of nitrogens with zero attached hydrogens (tertiary/aromatic N) is 3. The van der Waals surface area contributed by atoms with Crippen molar-refractivity contribution in [3.8, 4) is 0 Å². The second-order valence-electron chi connectivity index (χ2n) is 14.7. The molecule has 0 aromatic heterocycles. The van der Waals surface area contributed by atoms with Crippen molar-refractivity contribution in [2.24, 2.45) is 5.92 Å². The fraction of sp³-hybridized carbons (Fsp3) is 0.605. The number of ether oxygens (including phenoxy) is 1. The molecule has 6 amide bonds. The highest BCUT2D eigenvalue weighted by Crippen LogP contribution is 2.28. The van der Waals surface area contributed by atoms with E-state index in [0.717, 1.165) is 18.6 Å². The molecule has 0 radical (unpaired) electrons. The summed E-state index contributed by atoms with van der Waals surface area (Å²) >= 11 is 0. The number of carbonyl (C=O) groups excluding carboxylic acids is 7. The van der Waals surface area contributed by atoms with Crippen molar-refractivity contribution < 1.29 is 47.1 Å². The third kappa shape index (κ3) is 9.61. The highest BCUT2D eigenvalue weighted by Gasteiger charge is 2.46. The van der Waals surface area contributed by atoms with Crippen molar-refractivity contribution in [3.05, 3.63) is 47.5 Å². The van der Waals surface area contributed by atoms with Gasteiger partial charge in [-0.2, -0.15) is 0 Å². The molecule has 0 saturated carbocycles. The Morgan fingerprint density at radius 2 is 1.59 bits per heavy atom. The largest absolute Gasteiger partial charge is 0.461 e. The van der Waals surface area contributed by atoms with Crippen LogP contribution in [-0.4, -0.2) is 119 Å². The summed E-state index contributed by atoms with van der Waals surface area (Å²) in [6.45, 7) is 5.27. The highest BCUT2D eigenvalue weighted by atomic mass is 19.1. The standard InChI is InChI=1S/C38H50F2N6O8/c1-4-5-6-12-32(47)42-27(18-24-16-25(39)19-26(40)17-24)33(48)43-28-21-54-38(53)31-15-22(2)20-46(31)35(50)23(3)41-34(49)29-10-7-8-13-44(29)37(52)30-11-9-14-45(30)36(28)51/h6,12,16-17,19,22-23,27-31H,4-5,7-11,13-15,18,20-21H2,1-3H3,(H,41,49)(H,42,47)(H,43,48)/b12-6+/t22-,23+,27+,28+,29+,30+,31+/m1/s1. The van der Waals surface area contributed by atoms with Crippen LogP contribution in [0.4, 0.5) is 8.78 Å². The number of esters is 1. The molecule has 5 rings (SSSR count). The molecular formula is C38H50F2N6O8. The van der Waals surface area contributed by atoms with Crippen LogP contribution < -0.4 is 16.0 Å². The van der Waals surface area contributed by atoms with Crippen LogP contribution in [0.15, 0.2) is 30.4 Å². The molecule has 0 aliphatic carbocycles. The van der Waals surface area contributed by atoms with Gasteiger partial charge in [-0.3, -0.25) is 28.8 Å². The topological polar surface area (TPSA) is 175 Å². The van der Waals surface area contributed by atoms with E-state index in [2.05, 4.69) is 16.0 Å². The Bertz CT molecular complexity index is 1640. The van der Waals surface area contributed by atoms with Gasteiger partial charge in [0.05, 0.1) is 0 Å². The lowest BCUT2D eigenvalue weighted by molar-refractivity contribution is -0.158. The van der Waals surface area contributed by atoms with E-state index in [9.17, 15) is 42.3 Å². The van der Waals surface area contributed by atoms with Crippen LogP contribution in [0.25, 0.3) is 0 Å². The Morgan fingerprint density at radius 3 is 2.31 bits per heavy atom. The van der Waals surface area contributed by atoms with Crippen molar-refractivity contribution in [3.63, 3.8) is 0 Å². The molecule has 4 heterocycles. The van der Waals surface area contributed by atoms with Crippen LogP contribution in [0.2, 0.25) is 0 Å². The third-order valence-electron chi connectivity index (χ3n) is 10.4. The fourth-order valence-electron chi connectivity index (χ4n) is 7.74. The molecule has 0 bridgehead atoms. The van der Waals surface area contributed by atoms with Crippen molar-refractivity contribution in [1.29, 1.82) is 0 Å². The van der Waals surface area contributed by atoms with Crippen LogP contribution in [0.5, 0.6) is 0 Å². The first kappa shape index (κ1) is 40.3. The van der Waals surface area contributed by atoms with E-state index in [0.29, 0.717) is 38.2 Å². The predicted molar refractivity (Wildman–Crippen MR) is 190 cm³/mol. The Hall–Kier alpha value is -4.89. The average molecular weight is 757 g/mol. The number of amides is 6. The molecule has 0 spiro atoms. The van der Waals surface area contributed by atoms with Gasteiger partial charge in [-0.15, -0.1) is 0 Å². The summed E-state index contributed by atoms with van der Waals surface area (Å²) < 4.78 is 34.0. The van der Waals surface area contributed by atoms with Crippen molar-refractivity contribution in [2.45, 2.75) is 115 Å². The lowest BCUT2D eigenvalue weighted by Crippen LogP contribution is -2.62. The number of cyclic esters (lactones) is 1. The monoisotopic (exact) mass is 756 g/mol. The lowest BCUT2D eigenvalue weighted by atomic mass is 9.99. The van der Waals surface area contributed by atoms with Gasteiger partial charge < -0.3 is 35.4 Å². The zero-order valence-corrected chi connectivity index (χ0v) is 31.0. The van der Waals surface area contributed by atoms with Gasteiger partial charge in [0.25, 0.3) is 0 Å². The number of hydrogen-bond acceptors (Lipinski definition) is 8. The van der Waals surface area contributed by atoms with Gasteiger partial charge in [0.1, 0.15) is 54.5 Å². The average Bonchev–Trinajstić information content (AvgIpc) is 3.78. The molecular weight excluding hydrogens is 706 g/mol. The summed E-state index contributed by atoms with van der Waals surface area (Å²) in [6.07, 6.45) is 6.51. The Labute approximate surface area is 313 Å². The van der Waals surface area contributed by atoms with Gasteiger partial charge in [-0.25, -0.2) is 13.6 Å². The van der Waals surface area contributed by atoms with E-state index in [1.54, 1.807) is 6.08 Å². The first-order valence-electron chi connectivity index (χ1n) is 18.9. The van der Waals surface area contributed by atoms with Crippen LogP contribution >= 0.6 is 0 Å². The molecule has 4 fully saturated rings. The molecule has 0 unspecified atom stereocenters. The molecule has 1 aromatic rings. The zero-order valence-electron chi connectivity index (χ0n) is 31.0. The maximum atomic E-state index is 14.4. The minimum atomic E-state index is -1.55. The molecule has 14 nitrogen and oxygen atoms in total. The Balaban J connectivity index is 1.48. The number of piperidine rings is 1. The second kappa shape index (κ2) is 18.0. The third-order valence-corrected chi connectivity index (χ3v) is 10.4. The fourth-order valence-corrected chi connectivity index (χ4v) is 7.74. The number of halogens is 2. The predicted octanol–water partition coefficient (Wildman–Crippen LogP) is 1.50. The molecule has 54 heavy (non-hydrogen) atoms. The molecule has 294 valence electrons. The number of unbranched alkanes of at least 4 members (excludes halogenated alkanes) is 1. The molecule has 1 aromatic carbocycles. The summed E-state index contributed by atoms with van der Waals surface area (Å²) in [5, 5.41) is 7.89. The highest BCUT2D eigenvalue weighted by molar-refractivity contribution is 5.98. The van der Waals surface area contributed by atoms with Gasteiger partial charge in [-0.05, 0) is 81.6 Å². The number of nitrogens with one attached hydrogen (secondary N) is 3. The van der Waals surface area contributed by atoms with Gasteiger partial charge >= 0.3 is 5.97 Å². The van der Waals surface area contributed by atoms with E-state index in [4.69, 9.17) is 4.74 Å². The van der Waals surface area contributed by atoms with E-state index in [1.165, 1.54) is 27.7 Å². The first-order chi connectivity index (χ1) is 25.8. The Morgan fingerprint density at radius 1 is 0.907 bits per heavy atom. The van der Waals surface area contributed by atoms with E-state index < -0.39 is 95.9 Å². The number of allylic oxidation sites excluding steroid dienone is 1. The molecule has 4 aliphatic heterocycles. The quantitative estimate of drug-likeness (QED) is 0.265. The summed E-state index contributed by atoms with van der Waals surface area (Å²) in [6, 6.07) is -4.15. The molecule has 16 heteroatoms. The van der Waals surface area contributed by atoms with Gasteiger partial charge in [0, 0.05) is 32.1 Å². The SMILES string of the molecule is CCC/C=C/C(=O)N[C@@H](Cc1cc(F)cc(F)c1)C(=O)N[C@H]1COC(=O)[C@@H]2C[C@@H](C)CN2C(=O)[C@H](C)NC(=O)[C@@H]2CCCCN2C(=O)[C@@H]2CCCN2C1=O. The number of fused-ring (bicyclic) bond motifs is 3. The van der Waals surface area contributed by atoms with Gasteiger partial charge in [0.2, 0.25) is 35.4 Å². The van der Waals surface area contributed by atoms with Crippen LogP contribution in [0.1, 0.15) is 77.7 Å². The lowest BCUT2D eigenvalue weighted by Gasteiger charge is -2.39. The molecule has 3 N–H and O–H groups in total. The minimum Gasteiger partial charge on any atom is -0.461 e. The summed E-state index contributed by atoms with van der Waals surface area (Å²) in [4.78, 5) is 100. The van der Waals surface area contributed by atoms with E-state index in [1.807, 2.05) is 13.8 Å². The molecule has 7 atom stereocenters. The number of benzene rings is 1. The maximum absolute atomic E-state index is 14.4. The summed E-state index contributed by atoms with van der Waals surface area (Å²) in [5.41, 5.74) is 0.0564. The normalized spacial score (nSPS) is 27.6. The van der Waals surface area contributed by atoms with Gasteiger partial charge in [-0.1, -0.05) is 26.3 Å². The second-order valence-corrected chi connectivity index (χ2v) is 14.7. The minimum absolute atomic E-state index is 0.0564. The van der Waals surface area contributed by atoms with Crippen LogP contribution in [0, 0.1) is 17.6 Å². The van der Waals surface area contributed by atoms with E-state index >= 15 is 0 Å². The van der Waals surface area contributed by atoms with Gasteiger partial charge in [0.15, 0.2) is 0 Å². The van der Waals surface area contributed by atoms with E-state index in [-0.39, 0.29) is 50.4 Å². The van der Waals surface area contributed by atoms with Crippen molar-refractivity contribution in [1.82, 2.24) is 30.7 Å². The van der Waals surface area contributed by atoms with Crippen LogP contribution in [0.3, 0.4) is 0 Å². The van der Waals surface area contributed by atoms with Crippen molar-refractivity contribution >= 4 is 41.4 Å².